The van der Waals surface area contributed by atoms with Gasteiger partial charge in [-0.3, -0.25) is 4.79 Å². The molecule has 0 bridgehead atoms. The van der Waals surface area contributed by atoms with Gasteiger partial charge >= 0.3 is 0 Å². The number of carbonyl (C=O) groups is 1. The number of ketones is 1. The van der Waals surface area contributed by atoms with E-state index in [4.69, 9.17) is 9.47 Å². The molecule has 1 heterocycles. The first-order valence-corrected chi connectivity index (χ1v) is 3.58. The van der Waals surface area contributed by atoms with E-state index in [9.17, 15) is 4.79 Å². The molecule has 0 atom stereocenters. The normalized spacial score (nSPS) is 19.7. The van der Waals surface area contributed by atoms with Crippen molar-refractivity contribution in [2.45, 2.75) is 26.1 Å². The first-order valence-electron chi connectivity index (χ1n) is 3.58. The van der Waals surface area contributed by atoms with E-state index in [0.717, 1.165) is 0 Å². The van der Waals surface area contributed by atoms with Crippen LogP contribution in [0.2, 0.25) is 0 Å². The number of Topliss-reactive ketones (excluding diaryl/α,β-unsaturated/α-hetero) is 1. The lowest BCUT2D eigenvalue weighted by atomic mass is 10.2. The quantitative estimate of drug-likeness (QED) is 0.585. The summed E-state index contributed by atoms with van der Waals surface area (Å²) in [5.41, 5.74) is 0. The number of carbonyl (C=O) groups excluding carboxylic acids is 1. The van der Waals surface area contributed by atoms with E-state index >= 15 is 0 Å². The fraction of sp³-hybridized carbons (Fsp3) is 0.857. The molecular formula is C7H12O3. The average Bonchev–Trinajstić information content (AvgIpc) is 2.40. The monoisotopic (exact) mass is 144 g/mol. The zero-order valence-corrected chi connectivity index (χ0v) is 6.13. The van der Waals surface area contributed by atoms with Gasteiger partial charge in [0.25, 0.3) is 0 Å². The van der Waals surface area contributed by atoms with Crippen molar-refractivity contribution in [3.63, 3.8) is 0 Å². The molecule has 0 aromatic carbocycles. The Balaban J connectivity index is 2.17. The topological polar surface area (TPSA) is 35.5 Å². The van der Waals surface area contributed by atoms with Crippen molar-refractivity contribution >= 4 is 5.78 Å². The highest BCUT2D eigenvalue weighted by atomic mass is 16.7. The van der Waals surface area contributed by atoms with Gasteiger partial charge in [0.15, 0.2) is 6.29 Å². The van der Waals surface area contributed by atoms with Gasteiger partial charge < -0.3 is 9.47 Å². The number of rotatable bonds is 3. The molecule has 3 nitrogen and oxygen atoms in total. The number of hydrogen-bond donors (Lipinski definition) is 0. The molecule has 0 radical (unpaired) electrons. The fourth-order valence-corrected chi connectivity index (χ4v) is 0.855. The second-order valence-electron chi connectivity index (χ2n) is 2.27. The third-order valence-corrected chi connectivity index (χ3v) is 1.48. The lowest BCUT2D eigenvalue weighted by Crippen LogP contribution is -2.13. The van der Waals surface area contributed by atoms with Crippen LogP contribution < -0.4 is 0 Å². The molecule has 3 heteroatoms. The molecule has 0 saturated carbocycles. The van der Waals surface area contributed by atoms with Gasteiger partial charge in [-0.25, -0.2) is 0 Å². The van der Waals surface area contributed by atoms with E-state index in [0.29, 0.717) is 26.1 Å². The molecule has 58 valence electrons. The molecule has 0 aliphatic carbocycles. The molecule has 1 rings (SSSR count). The molecule has 1 fully saturated rings. The summed E-state index contributed by atoms with van der Waals surface area (Å²) in [4.78, 5) is 10.8. The van der Waals surface area contributed by atoms with Gasteiger partial charge in [0, 0.05) is 6.42 Å². The molecule has 0 aromatic heterocycles. The zero-order chi connectivity index (χ0) is 7.40. The smallest absolute Gasteiger partial charge is 0.164 e. The maximum Gasteiger partial charge on any atom is 0.164 e. The highest BCUT2D eigenvalue weighted by Crippen LogP contribution is 2.08. The zero-order valence-electron chi connectivity index (χ0n) is 6.13. The Bertz CT molecular complexity index is 116. The Morgan fingerprint density at radius 1 is 1.50 bits per heavy atom. The van der Waals surface area contributed by atoms with E-state index in [1.54, 1.807) is 0 Å². The SMILES string of the molecule is CCC(=O)CC1OCCO1. The van der Waals surface area contributed by atoms with Crippen molar-refractivity contribution in [2.75, 3.05) is 13.2 Å². The van der Waals surface area contributed by atoms with Crippen LogP contribution in [0, 0.1) is 0 Å². The highest BCUT2D eigenvalue weighted by molar-refractivity contribution is 5.78. The molecule has 0 unspecified atom stereocenters. The minimum absolute atomic E-state index is 0.201. The van der Waals surface area contributed by atoms with Crippen molar-refractivity contribution < 1.29 is 14.3 Å². The lowest BCUT2D eigenvalue weighted by Gasteiger charge is -2.05. The van der Waals surface area contributed by atoms with E-state index in [2.05, 4.69) is 0 Å². The number of ether oxygens (including phenoxy) is 2. The highest BCUT2D eigenvalue weighted by Gasteiger charge is 2.18. The summed E-state index contributed by atoms with van der Waals surface area (Å²) in [6.45, 7) is 3.10. The predicted molar refractivity (Wildman–Crippen MR) is 35.6 cm³/mol. The maximum absolute atomic E-state index is 10.8. The van der Waals surface area contributed by atoms with E-state index < -0.39 is 0 Å². The van der Waals surface area contributed by atoms with E-state index in [-0.39, 0.29) is 12.1 Å². The lowest BCUT2D eigenvalue weighted by molar-refractivity contribution is -0.127. The minimum atomic E-state index is -0.257. The van der Waals surface area contributed by atoms with Crippen LogP contribution in [0.1, 0.15) is 19.8 Å². The Hall–Kier alpha value is -0.410. The first-order chi connectivity index (χ1) is 4.83. The summed E-state index contributed by atoms with van der Waals surface area (Å²) in [6, 6.07) is 0. The summed E-state index contributed by atoms with van der Waals surface area (Å²) in [5, 5.41) is 0. The van der Waals surface area contributed by atoms with Gasteiger partial charge in [0.2, 0.25) is 0 Å². The second kappa shape index (κ2) is 3.68. The minimum Gasteiger partial charge on any atom is -0.350 e. The molecule has 0 spiro atoms. The van der Waals surface area contributed by atoms with Crippen molar-refractivity contribution in [1.29, 1.82) is 0 Å². The summed E-state index contributed by atoms with van der Waals surface area (Å²) in [6.07, 6.45) is 0.729. The summed E-state index contributed by atoms with van der Waals surface area (Å²) in [5.74, 6) is 0.201. The van der Waals surface area contributed by atoms with Gasteiger partial charge in [-0.05, 0) is 0 Å². The van der Waals surface area contributed by atoms with Crippen molar-refractivity contribution in [3.05, 3.63) is 0 Å². The van der Waals surface area contributed by atoms with Crippen molar-refractivity contribution in [1.82, 2.24) is 0 Å². The fourth-order valence-electron chi connectivity index (χ4n) is 0.855. The van der Waals surface area contributed by atoms with Gasteiger partial charge in [-0.2, -0.15) is 0 Å². The third-order valence-electron chi connectivity index (χ3n) is 1.48. The molecule has 1 aliphatic heterocycles. The van der Waals surface area contributed by atoms with Gasteiger partial charge in [-0.15, -0.1) is 0 Å². The van der Waals surface area contributed by atoms with Crippen LogP contribution in [0.3, 0.4) is 0 Å². The van der Waals surface area contributed by atoms with Crippen LogP contribution >= 0.6 is 0 Å². The molecule has 1 aliphatic rings. The Morgan fingerprint density at radius 2 is 2.10 bits per heavy atom. The second-order valence-corrected chi connectivity index (χ2v) is 2.27. The Morgan fingerprint density at radius 3 is 2.60 bits per heavy atom. The van der Waals surface area contributed by atoms with Crippen LogP contribution in [-0.4, -0.2) is 25.3 Å². The molecule has 10 heavy (non-hydrogen) atoms. The molecular weight excluding hydrogens is 132 g/mol. The first kappa shape index (κ1) is 7.69. The van der Waals surface area contributed by atoms with Crippen LogP contribution in [0.25, 0.3) is 0 Å². The molecule has 0 aromatic rings. The Labute approximate surface area is 60.3 Å². The van der Waals surface area contributed by atoms with Gasteiger partial charge in [0.1, 0.15) is 5.78 Å². The van der Waals surface area contributed by atoms with Gasteiger partial charge in [-0.1, -0.05) is 6.92 Å². The molecule has 0 N–H and O–H groups in total. The van der Waals surface area contributed by atoms with E-state index in [1.165, 1.54) is 0 Å². The predicted octanol–water partition coefficient (Wildman–Crippen LogP) is 0.728. The maximum atomic E-state index is 10.8. The van der Waals surface area contributed by atoms with Crippen molar-refractivity contribution in [2.24, 2.45) is 0 Å². The van der Waals surface area contributed by atoms with Gasteiger partial charge in [0.05, 0.1) is 19.6 Å². The third kappa shape index (κ3) is 2.08. The van der Waals surface area contributed by atoms with Crippen LogP contribution in [0.4, 0.5) is 0 Å². The number of hydrogen-bond acceptors (Lipinski definition) is 3. The summed E-state index contributed by atoms with van der Waals surface area (Å²) in [7, 11) is 0. The molecule has 1 saturated heterocycles. The summed E-state index contributed by atoms with van der Waals surface area (Å²) >= 11 is 0. The van der Waals surface area contributed by atoms with Crippen LogP contribution in [0.15, 0.2) is 0 Å². The molecule has 0 amide bonds. The average molecular weight is 144 g/mol. The standard InChI is InChI=1S/C7H12O3/c1-2-6(8)5-7-9-3-4-10-7/h7H,2-5H2,1H3. The van der Waals surface area contributed by atoms with Crippen LogP contribution in [0.5, 0.6) is 0 Å². The van der Waals surface area contributed by atoms with E-state index in [1.807, 2.05) is 6.92 Å². The largest absolute Gasteiger partial charge is 0.350 e. The van der Waals surface area contributed by atoms with Crippen LogP contribution in [-0.2, 0) is 14.3 Å². The summed E-state index contributed by atoms with van der Waals surface area (Å²) < 4.78 is 10.2. The Kier molecular flexibility index (Phi) is 2.83. The van der Waals surface area contributed by atoms with Crippen molar-refractivity contribution in [3.8, 4) is 0 Å².